The zero-order valence-electron chi connectivity index (χ0n) is 12.5. The third kappa shape index (κ3) is 6.01. The van der Waals surface area contributed by atoms with Crippen LogP contribution >= 0.6 is 0 Å². The van der Waals surface area contributed by atoms with Crippen molar-refractivity contribution < 1.29 is 0 Å². The van der Waals surface area contributed by atoms with Gasteiger partial charge in [-0.2, -0.15) is 0 Å². The van der Waals surface area contributed by atoms with Gasteiger partial charge < -0.3 is 21.3 Å². The van der Waals surface area contributed by atoms with E-state index in [1.165, 1.54) is 11.1 Å². The Balaban J connectivity index is 1.83. The molecule has 1 aromatic carbocycles. The van der Waals surface area contributed by atoms with Gasteiger partial charge in [-0.1, -0.05) is 29.8 Å². The summed E-state index contributed by atoms with van der Waals surface area (Å²) in [6, 6.07) is 9.38. The van der Waals surface area contributed by atoms with Crippen LogP contribution in [0.3, 0.4) is 0 Å². The number of benzene rings is 1. The Kier molecular flexibility index (Phi) is 7.01. The molecule has 0 amide bonds. The van der Waals surface area contributed by atoms with Gasteiger partial charge in [0.15, 0.2) is 0 Å². The van der Waals surface area contributed by atoms with Crippen molar-refractivity contribution in [2.45, 2.75) is 19.4 Å². The molecule has 1 aliphatic heterocycles. The van der Waals surface area contributed by atoms with E-state index in [1.54, 1.807) is 0 Å². The SMILES string of the molecule is Cc1ccc(CC2CNCCNCCNCCN2)cc1. The fraction of sp³-hybridized carbons (Fsp3) is 0.625. The summed E-state index contributed by atoms with van der Waals surface area (Å²) in [6.07, 6.45) is 1.08. The van der Waals surface area contributed by atoms with Gasteiger partial charge in [-0.25, -0.2) is 0 Å². The molecule has 20 heavy (non-hydrogen) atoms. The van der Waals surface area contributed by atoms with Crippen molar-refractivity contribution in [2.75, 3.05) is 45.8 Å². The number of aryl methyl sites for hydroxylation is 1. The van der Waals surface area contributed by atoms with Crippen LogP contribution in [0.25, 0.3) is 0 Å². The highest BCUT2D eigenvalue weighted by Crippen LogP contribution is 2.06. The Morgan fingerprint density at radius 2 is 1.45 bits per heavy atom. The summed E-state index contributed by atoms with van der Waals surface area (Å²) in [7, 11) is 0. The monoisotopic (exact) mass is 276 g/mol. The highest BCUT2D eigenvalue weighted by molar-refractivity contribution is 5.22. The van der Waals surface area contributed by atoms with Gasteiger partial charge in [-0.3, -0.25) is 0 Å². The lowest BCUT2D eigenvalue weighted by molar-refractivity contribution is 0.450. The molecular formula is C16H28N4. The van der Waals surface area contributed by atoms with Crippen molar-refractivity contribution in [3.63, 3.8) is 0 Å². The molecule has 2 rings (SSSR count). The van der Waals surface area contributed by atoms with E-state index in [-0.39, 0.29) is 0 Å². The van der Waals surface area contributed by atoms with Crippen molar-refractivity contribution in [3.8, 4) is 0 Å². The minimum absolute atomic E-state index is 0.499. The molecule has 1 atom stereocenters. The number of hydrogen-bond donors (Lipinski definition) is 4. The Bertz CT molecular complexity index is 351. The van der Waals surface area contributed by atoms with Crippen LogP contribution in [0, 0.1) is 6.92 Å². The molecule has 4 N–H and O–H groups in total. The molecule has 0 bridgehead atoms. The molecule has 0 spiro atoms. The predicted octanol–water partition coefficient (Wildman–Crippen LogP) is 0.278. The summed E-state index contributed by atoms with van der Waals surface area (Å²) in [6.45, 7) is 9.39. The second-order valence-electron chi connectivity index (χ2n) is 5.54. The second-order valence-corrected chi connectivity index (χ2v) is 5.54. The van der Waals surface area contributed by atoms with Crippen molar-refractivity contribution in [3.05, 3.63) is 35.4 Å². The van der Waals surface area contributed by atoms with Gasteiger partial charge in [0, 0.05) is 51.9 Å². The summed E-state index contributed by atoms with van der Waals surface area (Å²) >= 11 is 0. The summed E-state index contributed by atoms with van der Waals surface area (Å²) < 4.78 is 0. The summed E-state index contributed by atoms with van der Waals surface area (Å²) in [4.78, 5) is 0. The van der Waals surface area contributed by atoms with Crippen LogP contribution < -0.4 is 21.3 Å². The molecule has 112 valence electrons. The van der Waals surface area contributed by atoms with E-state index in [9.17, 15) is 0 Å². The van der Waals surface area contributed by atoms with Gasteiger partial charge in [0.05, 0.1) is 0 Å². The van der Waals surface area contributed by atoms with E-state index >= 15 is 0 Å². The molecule has 0 radical (unpaired) electrons. The fourth-order valence-corrected chi connectivity index (χ4v) is 2.47. The zero-order valence-corrected chi connectivity index (χ0v) is 12.5. The first-order chi connectivity index (χ1) is 9.84. The minimum Gasteiger partial charge on any atom is -0.314 e. The topological polar surface area (TPSA) is 48.1 Å². The summed E-state index contributed by atoms with van der Waals surface area (Å²) in [5, 5.41) is 14.1. The van der Waals surface area contributed by atoms with Gasteiger partial charge in [0.1, 0.15) is 0 Å². The summed E-state index contributed by atoms with van der Waals surface area (Å²) in [5.74, 6) is 0. The maximum Gasteiger partial charge on any atom is 0.0233 e. The minimum atomic E-state index is 0.499. The molecule has 4 heteroatoms. The molecular weight excluding hydrogens is 248 g/mol. The number of rotatable bonds is 2. The molecule has 1 aliphatic rings. The third-order valence-corrected chi connectivity index (χ3v) is 3.69. The zero-order chi connectivity index (χ0) is 14.0. The average Bonchev–Trinajstić information content (AvgIpc) is 2.44. The molecule has 0 aromatic heterocycles. The molecule has 1 heterocycles. The number of nitrogens with one attached hydrogen (secondary N) is 4. The van der Waals surface area contributed by atoms with Crippen molar-refractivity contribution >= 4 is 0 Å². The largest absolute Gasteiger partial charge is 0.314 e. The van der Waals surface area contributed by atoms with E-state index < -0.39 is 0 Å². The third-order valence-electron chi connectivity index (χ3n) is 3.69. The van der Waals surface area contributed by atoms with Crippen LogP contribution in [0.5, 0.6) is 0 Å². The maximum absolute atomic E-state index is 3.66. The molecule has 0 aliphatic carbocycles. The fourth-order valence-electron chi connectivity index (χ4n) is 2.47. The lowest BCUT2D eigenvalue weighted by Crippen LogP contribution is -2.46. The molecule has 1 saturated heterocycles. The molecule has 1 unspecified atom stereocenters. The molecule has 0 saturated carbocycles. The highest BCUT2D eigenvalue weighted by Gasteiger charge is 2.09. The Morgan fingerprint density at radius 1 is 0.850 bits per heavy atom. The van der Waals surface area contributed by atoms with Crippen LogP contribution in [-0.2, 0) is 6.42 Å². The predicted molar refractivity (Wildman–Crippen MR) is 85.3 cm³/mol. The lowest BCUT2D eigenvalue weighted by atomic mass is 10.0. The highest BCUT2D eigenvalue weighted by atomic mass is 15.0. The Labute approximate surface area is 122 Å². The smallest absolute Gasteiger partial charge is 0.0233 e. The first-order valence-corrected chi connectivity index (χ1v) is 7.75. The maximum atomic E-state index is 3.66. The first-order valence-electron chi connectivity index (χ1n) is 7.75. The molecule has 1 fully saturated rings. The van der Waals surface area contributed by atoms with E-state index in [4.69, 9.17) is 0 Å². The Morgan fingerprint density at radius 3 is 2.15 bits per heavy atom. The van der Waals surface area contributed by atoms with Gasteiger partial charge in [0.25, 0.3) is 0 Å². The van der Waals surface area contributed by atoms with E-state index in [0.717, 1.165) is 52.2 Å². The van der Waals surface area contributed by atoms with E-state index in [0.29, 0.717) is 6.04 Å². The quantitative estimate of drug-likeness (QED) is 0.627. The van der Waals surface area contributed by atoms with Gasteiger partial charge >= 0.3 is 0 Å². The first kappa shape index (κ1) is 15.4. The average molecular weight is 276 g/mol. The van der Waals surface area contributed by atoms with Gasteiger partial charge in [0.2, 0.25) is 0 Å². The molecule has 1 aromatic rings. The van der Waals surface area contributed by atoms with E-state index in [2.05, 4.69) is 52.5 Å². The van der Waals surface area contributed by atoms with Gasteiger partial charge in [-0.05, 0) is 18.9 Å². The van der Waals surface area contributed by atoms with Crippen LogP contribution in [0.15, 0.2) is 24.3 Å². The van der Waals surface area contributed by atoms with Gasteiger partial charge in [-0.15, -0.1) is 0 Å². The van der Waals surface area contributed by atoms with Crippen LogP contribution in [0.2, 0.25) is 0 Å². The lowest BCUT2D eigenvalue weighted by Gasteiger charge is -2.21. The van der Waals surface area contributed by atoms with E-state index in [1.807, 2.05) is 0 Å². The van der Waals surface area contributed by atoms with Crippen molar-refractivity contribution in [1.29, 1.82) is 0 Å². The van der Waals surface area contributed by atoms with Crippen molar-refractivity contribution in [2.24, 2.45) is 0 Å². The van der Waals surface area contributed by atoms with Crippen molar-refractivity contribution in [1.82, 2.24) is 21.3 Å². The van der Waals surface area contributed by atoms with Crippen LogP contribution in [0.4, 0.5) is 0 Å². The van der Waals surface area contributed by atoms with Crippen LogP contribution in [0.1, 0.15) is 11.1 Å². The second kappa shape index (κ2) is 9.08. The molecule has 4 nitrogen and oxygen atoms in total. The summed E-state index contributed by atoms with van der Waals surface area (Å²) in [5.41, 5.74) is 2.74. The Hall–Kier alpha value is -0.940. The van der Waals surface area contributed by atoms with Crippen LogP contribution in [-0.4, -0.2) is 51.9 Å². The normalized spacial score (nSPS) is 22.8. The standard InChI is InChI=1S/C16H28N4/c1-14-2-4-15(5-3-14)12-16-13-19-9-8-17-6-7-18-10-11-20-16/h2-5,16-20H,6-13H2,1H3. The number of hydrogen-bond acceptors (Lipinski definition) is 4.